The van der Waals surface area contributed by atoms with Crippen molar-refractivity contribution in [2.45, 2.75) is 13.3 Å². The van der Waals surface area contributed by atoms with Crippen molar-refractivity contribution in [2.24, 2.45) is 5.92 Å². The molecule has 0 aliphatic rings. The number of hydrogen-bond donors (Lipinski definition) is 1. The quantitative estimate of drug-likeness (QED) is 0.759. The molecule has 0 saturated heterocycles. The zero-order chi connectivity index (χ0) is 9.68. The fourth-order valence-electron chi connectivity index (χ4n) is 1.27. The van der Waals surface area contributed by atoms with Gasteiger partial charge in [0, 0.05) is 0 Å². The minimum atomic E-state index is -0.276. The van der Waals surface area contributed by atoms with Crippen molar-refractivity contribution in [1.29, 1.82) is 5.26 Å². The second-order valence-corrected chi connectivity index (χ2v) is 3.20. The van der Waals surface area contributed by atoms with Crippen LogP contribution in [-0.4, -0.2) is 11.7 Å². The molecule has 0 heterocycles. The first-order chi connectivity index (χ1) is 6.26. The lowest BCUT2D eigenvalue weighted by Gasteiger charge is -2.05. The van der Waals surface area contributed by atoms with E-state index >= 15 is 0 Å². The first kappa shape index (κ1) is 9.76. The lowest BCUT2D eigenvalue weighted by atomic mass is 10.0. The van der Waals surface area contributed by atoms with Gasteiger partial charge in [-0.15, -0.1) is 0 Å². The largest absolute Gasteiger partial charge is 0.395 e. The molecule has 1 unspecified atom stereocenters. The van der Waals surface area contributed by atoms with Gasteiger partial charge in [0.1, 0.15) is 0 Å². The van der Waals surface area contributed by atoms with Crippen LogP contribution < -0.4 is 0 Å². The van der Waals surface area contributed by atoms with Gasteiger partial charge in [0.2, 0.25) is 0 Å². The Balaban J connectivity index is 2.69. The van der Waals surface area contributed by atoms with Gasteiger partial charge >= 0.3 is 0 Å². The molecule has 0 amide bonds. The van der Waals surface area contributed by atoms with Crippen molar-refractivity contribution in [1.82, 2.24) is 0 Å². The maximum absolute atomic E-state index is 8.83. The van der Waals surface area contributed by atoms with Gasteiger partial charge in [0.15, 0.2) is 0 Å². The summed E-state index contributed by atoms with van der Waals surface area (Å²) in [6, 6.07) is 10.1. The second kappa shape index (κ2) is 4.64. The van der Waals surface area contributed by atoms with Crippen LogP contribution >= 0.6 is 0 Å². The van der Waals surface area contributed by atoms with Crippen LogP contribution in [0.2, 0.25) is 0 Å². The Labute approximate surface area is 78.4 Å². The molecule has 1 aromatic carbocycles. The van der Waals surface area contributed by atoms with E-state index in [1.54, 1.807) is 0 Å². The van der Waals surface area contributed by atoms with Crippen molar-refractivity contribution in [3.63, 3.8) is 0 Å². The topological polar surface area (TPSA) is 44.0 Å². The highest BCUT2D eigenvalue weighted by atomic mass is 16.3. The van der Waals surface area contributed by atoms with Gasteiger partial charge in [-0.2, -0.15) is 5.26 Å². The average Bonchev–Trinajstić information content (AvgIpc) is 2.14. The molecule has 0 aliphatic carbocycles. The van der Waals surface area contributed by atoms with E-state index in [1.807, 2.05) is 31.2 Å². The number of nitriles is 1. The fraction of sp³-hybridized carbons (Fsp3) is 0.364. The first-order valence-electron chi connectivity index (χ1n) is 4.32. The number of aliphatic hydroxyl groups is 1. The van der Waals surface area contributed by atoms with E-state index in [0.29, 0.717) is 6.42 Å². The fourth-order valence-corrected chi connectivity index (χ4v) is 1.27. The monoisotopic (exact) mass is 175 g/mol. The van der Waals surface area contributed by atoms with Crippen molar-refractivity contribution < 1.29 is 5.11 Å². The van der Waals surface area contributed by atoms with E-state index in [0.717, 1.165) is 5.56 Å². The minimum absolute atomic E-state index is 0.0650. The van der Waals surface area contributed by atoms with Crippen LogP contribution in [0.15, 0.2) is 24.3 Å². The summed E-state index contributed by atoms with van der Waals surface area (Å²) in [5.41, 5.74) is 2.30. The molecular formula is C11H13NO. The van der Waals surface area contributed by atoms with Gasteiger partial charge in [-0.25, -0.2) is 0 Å². The second-order valence-electron chi connectivity index (χ2n) is 3.20. The number of aliphatic hydroxyl groups excluding tert-OH is 1. The standard InChI is InChI=1S/C11H13NO/c1-9-3-2-4-10(5-9)6-11(7-12)8-13/h2-5,11,13H,6,8H2,1H3. The normalized spacial score (nSPS) is 12.1. The molecule has 13 heavy (non-hydrogen) atoms. The van der Waals surface area contributed by atoms with Gasteiger partial charge in [-0.05, 0) is 18.9 Å². The summed E-state index contributed by atoms with van der Waals surface area (Å²) in [6.07, 6.45) is 0.634. The van der Waals surface area contributed by atoms with E-state index in [4.69, 9.17) is 10.4 Å². The number of hydrogen-bond acceptors (Lipinski definition) is 2. The van der Waals surface area contributed by atoms with Crippen molar-refractivity contribution >= 4 is 0 Å². The summed E-state index contributed by atoms with van der Waals surface area (Å²) in [5.74, 6) is -0.276. The van der Waals surface area contributed by atoms with E-state index in [-0.39, 0.29) is 12.5 Å². The van der Waals surface area contributed by atoms with E-state index in [9.17, 15) is 0 Å². The maximum atomic E-state index is 8.83. The van der Waals surface area contributed by atoms with Gasteiger partial charge in [-0.3, -0.25) is 0 Å². The van der Waals surface area contributed by atoms with Crippen LogP contribution in [0.3, 0.4) is 0 Å². The van der Waals surface area contributed by atoms with Crippen LogP contribution in [0.5, 0.6) is 0 Å². The molecule has 0 bridgehead atoms. The summed E-state index contributed by atoms with van der Waals surface area (Å²) in [7, 11) is 0. The van der Waals surface area contributed by atoms with Gasteiger partial charge in [0.25, 0.3) is 0 Å². The third-order valence-electron chi connectivity index (χ3n) is 1.97. The van der Waals surface area contributed by atoms with Gasteiger partial charge in [-0.1, -0.05) is 29.8 Å². The van der Waals surface area contributed by atoms with Crippen LogP contribution in [0, 0.1) is 24.2 Å². The zero-order valence-electron chi connectivity index (χ0n) is 7.70. The predicted molar refractivity (Wildman–Crippen MR) is 51.1 cm³/mol. The molecular weight excluding hydrogens is 162 g/mol. The minimum Gasteiger partial charge on any atom is -0.395 e. The Bertz CT molecular complexity index is 314. The Hall–Kier alpha value is -1.33. The van der Waals surface area contributed by atoms with Crippen LogP contribution in [-0.2, 0) is 6.42 Å². The van der Waals surface area contributed by atoms with Crippen LogP contribution in [0.25, 0.3) is 0 Å². The van der Waals surface area contributed by atoms with Crippen molar-refractivity contribution in [2.75, 3.05) is 6.61 Å². The molecule has 1 aromatic rings. The molecule has 0 aliphatic heterocycles. The summed E-state index contributed by atoms with van der Waals surface area (Å²) in [6.45, 7) is 1.95. The van der Waals surface area contributed by atoms with Gasteiger partial charge < -0.3 is 5.11 Å². The molecule has 0 radical (unpaired) electrons. The number of benzene rings is 1. The highest BCUT2D eigenvalue weighted by Crippen LogP contribution is 2.09. The van der Waals surface area contributed by atoms with Gasteiger partial charge in [0.05, 0.1) is 18.6 Å². The first-order valence-corrected chi connectivity index (χ1v) is 4.32. The smallest absolute Gasteiger partial charge is 0.0734 e. The van der Waals surface area contributed by atoms with Crippen molar-refractivity contribution in [3.05, 3.63) is 35.4 Å². The summed E-state index contributed by atoms with van der Waals surface area (Å²) < 4.78 is 0. The van der Waals surface area contributed by atoms with Crippen LogP contribution in [0.1, 0.15) is 11.1 Å². The predicted octanol–water partition coefficient (Wildman–Crippen LogP) is 1.67. The van der Waals surface area contributed by atoms with E-state index in [1.165, 1.54) is 5.56 Å². The van der Waals surface area contributed by atoms with E-state index < -0.39 is 0 Å². The summed E-state index contributed by atoms with van der Waals surface area (Å²) >= 11 is 0. The Morgan fingerprint density at radius 3 is 2.85 bits per heavy atom. The lowest BCUT2D eigenvalue weighted by Crippen LogP contribution is -2.06. The van der Waals surface area contributed by atoms with Crippen LogP contribution in [0.4, 0.5) is 0 Å². The number of rotatable bonds is 3. The molecule has 2 heteroatoms. The SMILES string of the molecule is Cc1cccc(CC(C#N)CO)c1. The molecule has 0 fully saturated rings. The Morgan fingerprint density at radius 2 is 2.31 bits per heavy atom. The number of nitrogens with zero attached hydrogens (tertiary/aromatic N) is 1. The third kappa shape index (κ3) is 2.89. The summed E-state index contributed by atoms with van der Waals surface area (Å²) in [5, 5.41) is 17.5. The molecule has 68 valence electrons. The Kier molecular flexibility index (Phi) is 3.48. The molecule has 2 nitrogen and oxygen atoms in total. The highest BCUT2D eigenvalue weighted by molar-refractivity contribution is 5.23. The molecule has 1 atom stereocenters. The average molecular weight is 175 g/mol. The molecule has 1 rings (SSSR count). The third-order valence-corrected chi connectivity index (χ3v) is 1.97. The molecule has 0 aromatic heterocycles. The maximum Gasteiger partial charge on any atom is 0.0734 e. The molecule has 0 saturated carbocycles. The molecule has 0 spiro atoms. The highest BCUT2D eigenvalue weighted by Gasteiger charge is 2.06. The number of aryl methyl sites for hydroxylation is 1. The lowest BCUT2D eigenvalue weighted by molar-refractivity contribution is 0.255. The van der Waals surface area contributed by atoms with Crippen molar-refractivity contribution in [3.8, 4) is 6.07 Å². The Morgan fingerprint density at radius 1 is 1.54 bits per heavy atom. The molecule has 1 N–H and O–H groups in total. The van der Waals surface area contributed by atoms with E-state index in [2.05, 4.69) is 6.07 Å². The summed E-state index contributed by atoms with van der Waals surface area (Å²) in [4.78, 5) is 0. The zero-order valence-corrected chi connectivity index (χ0v) is 7.70.